The molecule has 0 radical (unpaired) electrons. The lowest BCUT2D eigenvalue weighted by atomic mass is 9.56. The van der Waals surface area contributed by atoms with E-state index in [1.807, 2.05) is 11.8 Å². The number of thioether (sulfide) groups is 1. The summed E-state index contributed by atoms with van der Waals surface area (Å²) in [7, 11) is 1.62. The van der Waals surface area contributed by atoms with E-state index in [4.69, 9.17) is 19.0 Å². The van der Waals surface area contributed by atoms with Gasteiger partial charge in [0.05, 0.1) is 6.10 Å². The monoisotopic (exact) mass is 401 g/mol. The third-order valence-corrected chi connectivity index (χ3v) is 8.45. The van der Waals surface area contributed by atoms with Crippen LogP contribution in [0.3, 0.4) is 0 Å². The maximum atomic E-state index is 11.6. The van der Waals surface area contributed by atoms with Crippen molar-refractivity contribution in [2.45, 2.75) is 81.7 Å². The van der Waals surface area contributed by atoms with Crippen molar-refractivity contribution < 1.29 is 24.2 Å². The highest BCUT2D eigenvalue weighted by molar-refractivity contribution is 7.99. The summed E-state index contributed by atoms with van der Waals surface area (Å²) in [4.78, 5) is 5.23. The zero-order valence-corrected chi connectivity index (χ0v) is 17.7. The van der Waals surface area contributed by atoms with Crippen LogP contribution in [0.25, 0.3) is 0 Å². The Balaban J connectivity index is 1.55. The van der Waals surface area contributed by atoms with Crippen LogP contribution in [0.15, 0.2) is 0 Å². The second-order valence-electron chi connectivity index (χ2n) is 8.83. The van der Waals surface area contributed by atoms with Gasteiger partial charge in [-0.1, -0.05) is 13.8 Å². The van der Waals surface area contributed by atoms with E-state index in [1.54, 1.807) is 7.11 Å². The highest BCUT2D eigenvalue weighted by atomic mass is 32.2. The Kier molecular flexibility index (Phi) is 5.85. The summed E-state index contributed by atoms with van der Waals surface area (Å²) < 4.78 is 18.0. The fourth-order valence-electron chi connectivity index (χ4n) is 6.67. The van der Waals surface area contributed by atoms with Gasteiger partial charge in [-0.05, 0) is 56.1 Å². The number of rotatable bonds is 9. The molecule has 1 unspecified atom stereocenters. The first-order valence-corrected chi connectivity index (χ1v) is 11.6. The van der Waals surface area contributed by atoms with E-state index < -0.39 is 11.4 Å². The molecule has 2 N–H and O–H groups in total. The molecule has 4 rings (SSSR count). The molecular weight excluding hydrogens is 366 g/mol. The molecule has 156 valence electrons. The maximum Gasteiger partial charge on any atom is 0.196 e. The summed E-state index contributed by atoms with van der Waals surface area (Å²) in [6.45, 7) is 5.51. The van der Waals surface area contributed by atoms with E-state index in [0.29, 0.717) is 11.8 Å². The van der Waals surface area contributed by atoms with Crippen molar-refractivity contribution in [3.63, 3.8) is 0 Å². The molecule has 2 saturated carbocycles. The lowest BCUT2D eigenvalue weighted by molar-refractivity contribution is -0.269. The minimum atomic E-state index is -1.11. The van der Waals surface area contributed by atoms with Crippen molar-refractivity contribution in [3.8, 4) is 0 Å². The first-order valence-electron chi connectivity index (χ1n) is 10.5. The Labute approximate surface area is 167 Å². The molecule has 0 amide bonds. The first kappa shape index (κ1) is 20.4. The van der Waals surface area contributed by atoms with Crippen LogP contribution in [-0.2, 0) is 19.0 Å². The minimum absolute atomic E-state index is 0.0692. The van der Waals surface area contributed by atoms with E-state index in [1.165, 1.54) is 6.42 Å². The largest absolute Gasteiger partial charge is 0.363 e. The molecule has 6 nitrogen and oxygen atoms in total. The summed E-state index contributed by atoms with van der Waals surface area (Å²) >= 11 is 1.86. The van der Waals surface area contributed by atoms with Gasteiger partial charge in [-0.3, -0.25) is 4.84 Å². The van der Waals surface area contributed by atoms with Crippen molar-refractivity contribution in [2.24, 2.45) is 17.3 Å². The average molecular weight is 402 g/mol. The summed E-state index contributed by atoms with van der Waals surface area (Å²) in [5.41, 5.74) is 2.57. The molecule has 7 atom stereocenters. The van der Waals surface area contributed by atoms with Crippen LogP contribution in [0.1, 0.15) is 58.8 Å². The highest BCUT2D eigenvalue weighted by Gasteiger charge is 2.83. The maximum absolute atomic E-state index is 11.6. The molecule has 2 aliphatic heterocycles. The predicted octanol–water partition coefficient (Wildman–Crippen LogP) is 3.04. The van der Waals surface area contributed by atoms with Gasteiger partial charge in [-0.2, -0.15) is 5.48 Å². The van der Waals surface area contributed by atoms with E-state index in [-0.39, 0.29) is 23.7 Å². The molecule has 2 bridgehead atoms. The minimum Gasteiger partial charge on any atom is -0.363 e. The molecule has 0 aromatic rings. The lowest BCUT2D eigenvalue weighted by Gasteiger charge is -2.50. The normalized spacial score (nSPS) is 48.0. The zero-order chi connectivity index (χ0) is 19.1. The third kappa shape index (κ3) is 3.00. The summed E-state index contributed by atoms with van der Waals surface area (Å²) in [5.74, 6) is 1.07. The second kappa shape index (κ2) is 7.74. The van der Waals surface area contributed by atoms with Gasteiger partial charge in [0.2, 0.25) is 0 Å². The van der Waals surface area contributed by atoms with Crippen LogP contribution in [0.4, 0.5) is 0 Å². The smallest absolute Gasteiger partial charge is 0.196 e. The van der Waals surface area contributed by atoms with Crippen LogP contribution < -0.4 is 5.48 Å². The van der Waals surface area contributed by atoms with Gasteiger partial charge in [-0.25, -0.2) is 0 Å². The van der Waals surface area contributed by atoms with E-state index in [2.05, 4.69) is 19.3 Å². The quantitative estimate of drug-likeness (QED) is 0.350. The molecule has 2 heterocycles. The Morgan fingerprint density at radius 2 is 2.15 bits per heavy atom. The van der Waals surface area contributed by atoms with Crippen molar-refractivity contribution in [2.75, 3.05) is 26.2 Å². The molecule has 4 aliphatic rings. The van der Waals surface area contributed by atoms with Crippen LogP contribution in [0, 0.1) is 17.3 Å². The molecular formula is C20H35NO5S. The summed E-state index contributed by atoms with van der Waals surface area (Å²) in [6, 6.07) is 0. The van der Waals surface area contributed by atoms with Gasteiger partial charge in [0.25, 0.3) is 0 Å². The average Bonchev–Trinajstić information content (AvgIpc) is 3.18. The number of hydrogen-bond donors (Lipinski definition) is 2. The van der Waals surface area contributed by atoms with Crippen molar-refractivity contribution in [1.82, 2.24) is 5.48 Å². The Morgan fingerprint density at radius 1 is 1.30 bits per heavy atom. The van der Waals surface area contributed by atoms with Crippen LogP contribution >= 0.6 is 11.8 Å². The number of ether oxygens (including phenoxy) is 3. The van der Waals surface area contributed by atoms with Gasteiger partial charge in [-0.15, -0.1) is 11.8 Å². The summed E-state index contributed by atoms with van der Waals surface area (Å²) in [6.07, 6.45) is 6.94. The van der Waals surface area contributed by atoms with E-state index in [9.17, 15) is 5.11 Å². The van der Waals surface area contributed by atoms with Crippen molar-refractivity contribution >= 4 is 11.8 Å². The van der Waals surface area contributed by atoms with E-state index in [0.717, 1.165) is 50.8 Å². The van der Waals surface area contributed by atoms with E-state index >= 15 is 0 Å². The molecule has 1 spiro atoms. The van der Waals surface area contributed by atoms with Gasteiger partial charge in [0.15, 0.2) is 12.6 Å². The predicted molar refractivity (Wildman–Crippen MR) is 104 cm³/mol. The molecule has 7 heteroatoms. The topological polar surface area (TPSA) is 69.2 Å². The number of aliphatic hydroxyl groups is 1. The first-order chi connectivity index (χ1) is 13.0. The Hall–Kier alpha value is 0.110. The molecule has 2 aliphatic carbocycles. The number of nitrogens with one attached hydrogen (secondary N) is 1. The van der Waals surface area contributed by atoms with Crippen molar-refractivity contribution in [3.05, 3.63) is 0 Å². The van der Waals surface area contributed by atoms with Gasteiger partial charge >= 0.3 is 0 Å². The fraction of sp³-hybridized carbons (Fsp3) is 1.00. The summed E-state index contributed by atoms with van der Waals surface area (Å²) in [5, 5.41) is 11.6. The molecule has 0 aromatic heterocycles. The number of hydroxylamine groups is 1. The number of hydrogen-bond acceptors (Lipinski definition) is 7. The van der Waals surface area contributed by atoms with Gasteiger partial charge in [0.1, 0.15) is 11.0 Å². The molecule has 2 saturated heterocycles. The lowest BCUT2D eigenvalue weighted by Crippen LogP contribution is -2.56. The van der Waals surface area contributed by atoms with Crippen molar-refractivity contribution in [1.29, 1.82) is 0 Å². The fourth-order valence-corrected chi connectivity index (χ4v) is 7.56. The van der Waals surface area contributed by atoms with Crippen LogP contribution in [-0.4, -0.2) is 54.2 Å². The van der Waals surface area contributed by atoms with Crippen LogP contribution in [0.5, 0.6) is 0 Å². The molecule has 0 aromatic carbocycles. The molecule has 27 heavy (non-hydrogen) atoms. The standard InChI is InChI=1S/C20H35NO5S/c1-4-27-17-6-8-19(26-17)18(7-5-9-21-24-13-23-3)15-10-14(2)11-16(18)25-20(19,22)12-15/h14-17,21-22H,4-13H2,1-3H3/t14-,15+,16+,17?,18-,19-,20-/m1/s1. The number of methoxy groups -OCH3 is 1. The third-order valence-electron chi connectivity index (χ3n) is 7.42. The van der Waals surface area contributed by atoms with Gasteiger partial charge < -0.3 is 19.3 Å². The Morgan fingerprint density at radius 3 is 2.89 bits per heavy atom. The Bertz CT molecular complexity index is 519. The highest BCUT2D eigenvalue weighted by Crippen LogP contribution is 2.75. The SMILES string of the molecule is CCSC1CC[C@@]2(O1)[C@]1(CCCNOCOC)[C@H]3C[C@@H](C)C[C@@H]1O[C@]2(O)C3. The van der Waals surface area contributed by atoms with Gasteiger partial charge in [0, 0.05) is 25.5 Å². The second-order valence-corrected chi connectivity index (χ2v) is 10.3. The van der Waals surface area contributed by atoms with Crippen LogP contribution in [0.2, 0.25) is 0 Å². The molecule has 4 fully saturated rings. The zero-order valence-electron chi connectivity index (χ0n) is 16.9.